The van der Waals surface area contributed by atoms with Crippen molar-refractivity contribution in [2.45, 2.75) is 48.7 Å². The van der Waals surface area contributed by atoms with Gasteiger partial charge in [0, 0.05) is 17.3 Å². The Bertz CT molecular complexity index is 1440. The van der Waals surface area contributed by atoms with Crippen LogP contribution in [0.5, 0.6) is 0 Å². The second-order valence-corrected chi connectivity index (χ2v) is 14.0. The maximum atomic E-state index is 13.1. The van der Waals surface area contributed by atoms with Crippen molar-refractivity contribution in [3.63, 3.8) is 0 Å². The Labute approximate surface area is 244 Å². The van der Waals surface area contributed by atoms with Crippen molar-refractivity contribution >= 4 is 27.8 Å². The summed E-state index contributed by atoms with van der Waals surface area (Å²) in [5.74, 6) is 0.618. The molecule has 4 fully saturated rings. The van der Waals surface area contributed by atoms with Gasteiger partial charge in [-0.2, -0.15) is 17.2 Å². The average molecular weight is 602 g/mol. The van der Waals surface area contributed by atoms with Crippen LogP contribution >= 0.6 is 0 Å². The van der Waals surface area contributed by atoms with Crippen molar-refractivity contribution in [1.82, 2.24) is 0 Å². The summed E-state index contributed by atoms with van der Waals surface area (Å²) in [6, 6.07) is 27.9. The first-order chi connectivity index (χ1) is 19.5. The lowest BCUT2D eigenvalue weighted by molar-refractivity contribution is -0.176. The fourth-order valence-corrected chi connectivity index (χ4v) is 8.15. The van der Waals surface area contributed by atoms with Crippen LogP contribution in [-0.2, 0) is 31.4 Å². The first-order valence-electron chi connectivity index (χ1n) is 13.9. The Balaban J connectivity index is 0.000000165. The number of benzene rings is 3. The fourth-order valence-electron chi connectivity index (χ4n) is 7.23. The molecular formula is C32H35F2O5S2+. The maximum absolute atomic E-state index is 13.1. The molecule has 5 nitrogen and oxygen atoms in total. The molecule has 4 aliphatic rings. The van der Waals surface area contributed by atoms with Gasteiger partial charge >= 0.3 is 21.3 Å². The molecule has 0 aromatic heterocycles. The number of rotatable bonds is 7. The molecule has 9 heteroatoms. The third-order valence-electron chi connectivity index (χ3n) is 8.65. The van der Waals surface area contributed by atoms with E-state index in [0.29, 0.717) is 37.0 Å². The van der Waals surface area contributed by atoms with Crippen LogP contribution in [0.4, 0.5) is 8.78 Å². The number of hydrogen-bond acceptors (Lipinski definition) is 4. The standard InChI is InChI=1S/C19H16S.C13H18F2O5S/c1-20-18-14-8-13-17(15-9-4-2-5-10-15)19(18)16-11-6-3-7-12-16;14-13(15,21(17,18)19)7-20-11(16)12-4-8-1-9(5-12)3-10(2-8)6-12/h2-14H,1H3;8-10H,1-7H2,(H,17,18,19)/p+1. The largest absolute Gasteiger partial charge is 0.458 e. The van der Waals surface area contributed by atoms with Gasteiger partial charge in [-0.15, -0.1) is 0 Å². The molecule has 4 saturated carbocycles. The summed E-state index contributed by atoms with van der Waals surface area (Å²) >= 11 is 1.30. The third-order valence-corrected chi connectivity index (χ3v) is 10.4. The number of carbonyl (C=O) groups is 1. The van der Waals surface area contributed by atoms with E-state index in [4.69, 9.17) is 4.55 Å². The summed E-state index contributed by atoms with van der Waals surface area (Å²) < 4.78 is 60.4. The molecule has 218 valence electrons. The highest BCUT2D eigenvalue weighted by molar-refractivity contribution is 7.86. The van der Waals surface area contributed by atoms with Gasteiger partial charge in [0.15, 0.2) is 11.5 Å². The highest BCUT2D eigenvalue weighted by Gasteiger charge is 2.56. The van der Waals surface area contributed by atoms with E-state index in [9.17, 15) is 22.0 Å². The highest BCUT2D eigenvalue weighted by atomic mass is 32.2. The van der Waals surface area contributed by atoms with E-state index in [0.717, 1.165) is 19.3 Å². The van der Waals surface area contributed by atoms with Gasteiger partial charge < -0.3 is 4.74 Å². The molecule has 0 unspecified atom stereocenters. The van der Waals surface area contributed by atoms with E-state index in [1.807, 2.05) is 0 Å². The zero-order valence-electron chi connectivity index (χ0n) is 22.9. The minimum Gasteiger partial charge on any atom is -0.458 e. The zero-order chi connectivity index (χ0) is 29.3. The van der Waals surface area contributed by atoms with E-state index in [-0.39, 0.29) is 0 Å². The Morgan fingerprint density at radius 1 is 0.878 bits per heavy atom. The quantitative estimate of drug-likeness (QED) is 0.136. The minimum absolute atomic E-state index is 0.450. The Morgan fingerprint density at radius 2 is 1.39 bits per heavy atom. The maximum Gasteiger partial charge on any atom is 0.402 e. The lowest BCUT2D eigenvalue weighted by Crippen LogP contribution is -2.51. The lowest BCUT2D eigenvalue weighted by atomic mass is 9.49. The van der Waals surface area contributed by atoms with Gasteiger partial charge in [-0.3, -0.25) is 9.35 Å². The van der Waals surface area contributed by atoms with Gasteiger partial charge in [-0.1, -0.05) is 72.8 Å². The van der Waals surface area contributed by atoms with Gasteiger partial charge in [-0.25, -0.2) is 0 Å². The molecule has 0 atom stereocenters. The summed E-state index contributed by atoms with van der Waals surface area (Å²) in [6.45, 7) is -1.62. The predicted molar refractivity (Wildman–Crippen MR) is 158 cm³/mol. The molecule has 0 radical (unpaired) electrons. The number of halogens is 2. The second-order valence-electron chi connectivity index (χ2n) is 11.5. The fraction of sp³-hybridized carbons (Fsp3) is 0.406. The van der Waals surface area contributed by atoms with Crippen molar-refractivity contribution in [1.29, 1.82) is 0 Å². The molecule has 7 rings (SSSR count). The third kappa shape index (κ3) is 6.37. The average Bonchev–Trinajstić information content (AvgIpc) is 2.95. The van der Waals surface area contributed by atoms with Crippen LogP contribution in [-0.4, -0.2) is 37.1 Å². The van der Waals surface area contributed by atoms with Crippen LogP contribution in [0.15, 0.2) is 83.8 Å². The minimum atomic E-state index is -5.56. The summed E-state index contributed by atoms with van der Waals surface area (Å²) in [5.41, 5.74) is 4.50. The molecule has 3 aromatic rings. The Hall–Kier alpha value is -2.75. The normalized spacial score (nSPS) is 24.8. The number of esters is 1. The van der Waals surface area contributed by atoms with Gasteiger partial charge in [0.05, 0.1) is 5.41 Å². The SMILES string of the molecule is C[SH+]c1cccc(-c2ccccc2)c1-c1ccccc1.O=C(OCC(F)(F)S(=O)(=O)O)C12CC3CC(CC(C3)C1)C2. The van der Waals surface area contributed by atoms with Crippen molar-refractivity contribution in [2.75, 3.05) is 12.9 Å². The zero-order valence-corrected chi connectivity index (χ0v) is 24.6. The van der Waals surface area contributed by atoms with Gasteiger partial charge in [0.25, 0.3) is 0 Å². The molecule has 41 heavy (non-hydrogen) atoms. The van der Waals surface area contributed by atoms with Crippen LogP contribution in [0, 0.1) is 23.2 Å². The first-order valence-corrected chi connectivity index (χ1v) is 16.7. The Morgan fingerprint density at radius 3 is 1.88 bits per heavy atom. The van der Waals surface area contributed by atoms with Crippen molar-refractivity contribution < 1.29 is 31.3 Å². The molecule has 4 bridgehead atoms. The van der Waals surface area contributed by atoms with Crippen LogP contribution in [0.2, 0.25) is 0 Å². The van der Waals surface area contributed by atoms with Gasteiger partial charge in [0.2, 0.25) is 0 Å². The number of thiol groups is 1. The summed E-state index contributed by atoms with van der Waals surface area (Å²) in [7, 11) is -5.56. The molecule has 0 amide bonds. The summed E-state index contributed by atoms with van der Waals surface area (Å²) in [5, 5.41) is -4.45. The number of ether oxygens (including phenoxy) is 1. The van der Waals surface area contributed by atoms with Gasteiger partial charge in [0.1, 0.15) is 6.26 Å². The molecule has 0 saturated heterocycles. The molecule has 4 aliphatic carbocycles. The van der Waals surface area contributed by atoms with Crippen LogP contribution in [0.1, 0.15) is 38.5 Å². The highest BCUT2D eigenvalue weighted by Crippen LogP contribution is 2.60. The van der Waals surface area contributed by atoms with Crippen LogP contribution in [0.3, 0.4) is 0 Å². The summed E-state index contributed by atoms with van der Waals surface area (Å²) in [6.07, 6.45) is 7.41. The van der Waals surface area contributed by atoms with Crippen molar-refractivity contribution in [2.24, 2.45) is 23.2 Å². The van der Waals surface area contributed by atoms with Crippen LogP contribution < -0.4 is 0 Å². The Kier molecular flexibility index (Phi) is 8.60. The topological polar surface area (TPSA) is 80.7 Å². The van der Waals surface area contributed by atoms with Crippen LogP contribution in [0.25, 0.3) is 22.3 Å². The smallest absolute Gasteiger partial charge is 0.402 e. The molecule has 0 spiro atoms. The monoisotopic (exact) mass is 601 g/mol. The number of carbonyl (C=O) groups excluding carboxylic acids is 1. The molecular weight excluding hydrogens is 566 g/mol. The summed E-state index contributed by atoms with van der Waals surface area (Å²) in [4.78, 5) is 13.6. The first kappa shape index (κ1) is 29.7. The number of alkyl halides is 2. The van der Waals surface area contributed by atoms with E-state index in [1.165, 1.54) is 38.9 Å². The van der Waals surface area contributed by atoms with E-state index < -0.39 is 33.4 Å². The molecule has 1 N–H and O–H groups in total. The van der Waals surface area contributed by atoms with Crippen molar-refractivity contribution in [3.8, 4) is 22.3 Å². The predicted octanol–water partition coefficient (Wildman–Crippen LogP) is 7.05. The molecule has 0 heterocycles. The molecule has 3 aromatic carbocycles. The molecule has 0 aliphatic heterocycles. The van der Waals surface area contributed by atoms with E-state index in [1.54, 1.807) is 0 Å². The van der Waals surface area contributed by atoms with Gasteiger partial charge in [-0.05, 0) is 79.0 Å². The van der Waals surface area contributed by atoms with Crippen molar-refractivity contribution in [3.05, 3.63) is 78.9 Å². The number of hydrogen-bond donors (Lipinski definition) is 1. The van der Waals surface area contributed by atoms with E-state index in [2.05, 4.69) is 89.9 Å². The second kappa shape index (κ2) is 11.9. The van der Waals surface area contributed by atoms with E-state index >= 15 is 0 Å². The lowest BCUT2D eigenvalue weighted by Gasteiger charge is -2.55.